The Balaban J connectivity index is 1.49. The molecule has 2 saturated heterocycles. The molecule has 3 aliphatic heterocycles. The smallest absolute Gasteiger partial charge is 0.262 e. The maximum Gasteiger partial charge on any atom is 0.262 e. The largest absolute Gasteiger partial charge is 0.497 e. The molecule has 5 rings (SSSR count). The minimum atomic E-state index is -0.980. The zero-order valence-electron chi connectivity index (χ0n) is 19.4. The number of benzene rings is 2. The Morgan fingerprint density at radius 2 is 1.68 bits per heavy atom. The van der Waals surface area contributed by atoms with Crippen LogP contribution >= 0.6 is 0 Å². The van der Waals surface area contributed by atoms with Gasteiger partial charge in [0, 0.05) is 5.56 Å². The molecular formula is C25H26N2O7. The second kappa shape index (κ2) is 8.11. The van der Waals surface area contributed by atoms with E-state index in [2.05, 4.69) is 0 Å². The van der Waals surface area contributed by atoms with Crippen molar-refractivity contribution in [3.63, 3.8) is 0 Å². The molecule has 3 aliphatic rings. The van der Waals surface area contributed by atoms with Crippen molar-refractivity contribution in [1.82, 2.24) is 9.80 Å². The lowest BCUT2D eigenvalue weighted by Gasteiger charge is -2.51. The van der Waals surface area contributed by atoms with Crippen LogP contribution in [0.2, 0.25) is 0 Å². The van der Waals surface area contributed by atoms with E-state index in [4.69, 9.17) is 18.9 Å². The maximum absolute atomic E-state index is 13.5. The van der Waals surface area contributed by atoms with Crippen LogP contribution in [0, 0.1) is 0 Å². The topological polar surface area (TPSA) is 94.6 Å². The predicted molar refractivity (Wildman–Crippen MR) is 120 cm³/mol. The minimum Gasteiger partial charge on any atom is -0.497 e. The third kappa shape index (κ3) is 3.43. The van der Waals surface area contributed by atoms with Gasteiger partial charge in [0.2, 0.25) is 5.91 Å². The fourth-order valence-corrected chi connectivity index (χ4v) is 4.93. The molecule has 9 nitrogen and oxygen atoms in total. The van der Waals surface area contributed by atoms with Gasteiger partial charge in [0.15, 0.2) is 5.79 Å². The molecule has 3 heterocycles. The molecule has 9 heteroatoms. The molecule has 178 valence electrons. The van der Waals surface area contributed by atoms with E-state index < -0.39 is 35.8 Å². The fourth-order valence-electron chi connectivity index (χ4n) is 4.93. The number of β-lactam (4-membered cyclic amide) rings is 1. The van der Waals surface area contributed by atoms with Crippen LogP contribution in [0.3, 0.4) is 0 Å². The summed E-state index contributed by atoms with van der Waals surface area (Å²) in [6, 6.07) is 10.4. The number of likely N-dealkylation sites (tertiary alicyclic amines) is 1. The summed E-state index contributed by atoms with van der Waals surface area (Å²) in [5.74, 6) is -0.895. The molecule has 2 aromatic carbocycles. The zero-order chi connectivity index (χ0) is 24.2. The van der Waals surface area contributed by atoms with Crippen LogP contribution in [-0.2, 0) is 20.8 Å². The Kier molecular flexibility index (Phi) is 5.33. The van der Waals surface area contributed by atoms with Crippen molar-refractivity contribution < 1.29 is 33.3 Å². The SMILES string of the molecule is COc1ccc(OC)c(CN2C(=O)[C@@H](N3C(=O)c4ccccc4C3=O)[C@H]2[C@@H]2COC(C)(C)O2)c1. The van der Waals surface area contributed by atoms with Gasteiger partial charge in [0.25, 0.3) is 11.8 Å². The summed E-state index contributed by atoms with van der Waals surface area (Å²) in [6.45, 7) is 4.01. The van der Waals surface area contributed by atoms with E-state index in [0.29, 0.717) is 22.6 Å². The number of hydrogen-bond donors (Lipinski definition) is 0. The summed E-state index contributed by atoms with van der Waals surface area (Å²) in [5.41, 5.74) is 1.34. The van der Waals surface area contributed by atoms with E-state index >= 15 is 0 Å². The van der Waals surface area contributed by atoms with Crippen LogP contribution in [0.5, 0.6) is 11.5 Å². The van der Waals surface area contributed by atoms with Crippen molar-refractivity contribution in [3.8, 4) is 11.5 Å². The summed E-state index contributed by atoms with van der Waals surface area (Å²) in [6.07, 6.45) is -0.515. The third-order valence-corrected chi connectivity index (χ3v) is 6.56. The van der Waals surface area contributed by atoms with Crippen LogP contribution in [0.25, 0.3) is 0 Å². The standard InChI is InChI=1S/C25H26N2O7/c1-25(2)33-13-19(34-25)20-21(27-22(28)16-7-5-6-8-17(16)23(27)29)24(30)26(20)12-14-11-15(31-3)9-10-18(14)32-4/h5-11,19-21H,12-13H2,1-4H3/t19-,20+,21-/m0/s1. The van der Waals surface area contributed by atoms with Gasteiger partial charge in [-0.3, -0.25) is 19.3 Å². The highest BCUT2D eigenvalue weighted by Crippen LogP contribution is 2.40. The van der Waals surface area contributed by atoms with Gasteiger partial charge >= 0.3 is 0 Å². The van der Waals surface area contributed by atoms with Gasteiger partial charge in [-0.25, -0.2) is 0 Å². The first-order valence-corrected chi connectivity index (χ1v) is 11.1. The van der Waals surface area contributed by atoms with Gasteiger partial charge < -0.3 is 23.8 Å². The van der Waals surface area contributed by atoms with E-state index in [1.165, 1.54) is 0 Å². The van der Waals surface area contributed by atoms with E-state index in [9.17, 15) is 14.4 Å². The highest BCUT2D eigenvalue weighted by Gasteiger charge is 2.60. The predicted octanol–water partition coefficient (Wildman–Crippen LogP) is 2.23. The molecule has 0 saturated carbocycles. The average molecular weight is 466 g/mol. The molecule has 2 fully saturated rings. The van der Waals surface area contributed by atoms with E-state index in [1.54, 1.807) is 75.4 Å². The summed E-state index contributed by atoms with van der Waals surface area (Å²) in [7, 11) is 3.12. The van der Waals surface area contributed by atoms with Crippen LogP contribution in [0.15, 0.2) is 42.5 Å². The molecule has 3 amide bonds. The van der Waals surface area contributed by atoms with Gasteiger partial charge in [-0.2, -0.15) is 0 Å². The first-order chi connectivity index (χ1) is 16.3. The molecule has 3 atom stereocenters. The Hall–Kier alpha value is -3.43. The van der Waals surface area contributed by atoms with Crippen LogP contribution < -0.4 is 9.47 Å². The summed E-state index contributed by atoms with van der Waals surface area (Å²) in [5, 5.41) is 0. The Labute approximate surface area is 197 Å². The van der Waals surface area contributed by atoms with E-state index in [1.807, 2.05) is 0 Å². The van der Waals surface area contributed by atoms with Crippen molar-refractivity contribution in [2.24, 2.45) is 0 Å². The molecule has 0 bridgehead atoms. The number of amides is 3. The fraction of sp³-hybridized carbons (Fsp3) is 0.400. The summed E-state index contributed by atoms with van der Waals surface area (Å²) in [4.78, 5) is 42.5. The lowest BCUT2D eigenvalue weighted by atomic mass is 9.88. The highest BCUT2D eigenvalue weighted by atomic mass is 16.7. The molecule has 0 radical (unpaired) electrons. The van der Waals surface area contributed by atoms with Crippen molar-refractivity contribution in [2.75, 3.05) is 20.8 Å². The Morgan fingerprint density at radius 1 is 1.00 bits per heavy atom. The molecule has 0 unspecified atom stereocenters. The molecule has 0 N–H and O–H groups in total. The molecule has 34 heavy (non-hydrogen) atoms. The monoisotopic (exact) mass is 466 g/mol. The van der Waals surface area contributed by atoms with Gasteiger partial charge in [-0.1, -0.05) is 12.1 Å². The number of fused-ring (bicyclic) bond motifs is 1. The first-order valence-electron chi connectivity index (χ1n) is 11.1. The zero-order valence-corrected chi connectivity index (χ0v) is 19.4. The normalized spacial score (nSPS) is 25.4. The lowest BCUT2D eigenvalue weighted by molar-refractivity contribution is -0.179. The van der Waals surface area contributed by atoms with Gasteiger partial charge in [-0.05, 0) is 44.2 Å². The number of carbonyl (C=O) groups excluding carboxylic acids is 3. The second-order valence-electron chi connectivity index (χ2n) is 8.97. The van der Waals surface area contributed by atoms with Crippen molar-refractivity contribution in [1.29, 1.82) is 0 Å². The second-order valence-corrected chi connectivity index (χ2v) is 8.97. The van der Waals surface area contributed by atoms with E-state index in [-0.39, 0.29) is 19.1 Å². The summed E-state index contributed by atoms with van der Waals surface area (Å²) >= 11 is 0. The number of methoxy groups -OCH3 is 2. The first kappa shape index (κ1) is 22.4. The van der Waals surface area contributed by atoms with Crippen LogP contribution in [-0.4, -0.2) is 72.3 Å². The van der Waals surface area contributed by atoms with E-state index in [0.717, 1.165) is 10.5 Å². The van der Waals surface area contributed by atoms with Crippen LogP contribution in [0.4, 0.5) is 0 Å². The molecule has 0 aromatic heterocycles. The molecule has 2 aromatic rings. The average Bonchev–Trinajstić information content (AvgIpc) is 3.31. The van der Waals surface area contributed by atoms with Gasteiger partial charge in [0.1, 0.15) is 23.6 Å². The number of ether oxygens (including phenoxy) is 4. The van der Waals surface area contributed by atoms with Crippen LogP contribution in [0.1, 0.15) is 40.1 Å². The molecule has 0 spiro atoms. The number of nitrogens with zero attached hydrogens (tertiary/aromatic N) is 2. The number of imide groups is 1. The number of hydrogen-bond acceptors (Lipinski definition) is 7. The van der Waals surface area contributed by atoms with Crippen molar-refractivity contribution in [3.05, 3.63) is 59.2 Å². The molecule has 0 aliphatic carbocycles. The third-order valence-electron chi connectivity index (χ3n) is 6.56. The molecular weight excluding hydrogens is 440 g/mol. The Morgan fingerprint density at radius 3 is 2.24 bits per heavy atom. The van der Waals surface area contributed by atoms with Crippen molar-refractivity contribution in [2.45, 2.75) is 44.4 Å². The van der Waals surface area contributed by atoms with Gasteiger partial charge in [0.05, 0.1) is 44.5 Å². The quantitative estimate of drug-likeness (QED) is 0.476. The minimum absolute atomic E-state index is 0.198. The Bertz CT molecular complexity index is 1140. The highest BCUT2D eigenvalue weighted by molar-refractivity contribution is 6.23. The number of rotatable bonds is 6. The maximum atomic E-state index is 13.5. The lowest BCUT2D eigenvalue weighted by Crippen LogP contribution is -2.74. The number of carbonyl (C=O) groups is 3. The summed E-state index contributed by atoms with van der Waals surface area (Å²) < 4.78 is 22.7. The van der Waals surface area contributed by atoms with Crippen molar-refractivity contribution >= 4 is 17.7 Å². The van der Waals surface area contributed by atoms with Gasteiger partial charge in [-0.15, -0.1) is 0 Å².